The monoisotopic (exact) mass is 233 g/mol. The Morgan fingerprint density at radius 2 is 2.24 bits per heavy atom. The van der Waals surface area contributed by atoms with Gasteiger partial charge in [-0.2, -0.15) is 0 Å². The lowest BCUT2D eigenvalue weighted by molar-refractivity contribution is 0.177. The molecule has 2 aliphatic heterocycles. The zero-order valence-electron chi connectivity index (χ0n) is 9.56. The fraction of sp³-hybridized carbons (Fsp3) is 0.500. The molecule has 2 fully saturated rings. The molecule has 0 radical (unpaired) electrons. The highest BCUT2D eigenvalue weighted by Crippen LogP contribution is 2.28. The Kier molecular flexibility index (Phi) is 2.59. The molecule has 1 aromatic heterocycles. The molecule has 0 spiro atoms. The molecule has 5 heteroatoms. The van der Waals surface area contributed by atoms with E-state index in [4.69, 9.17) is 4.74 Å². The minimum atomic E-state index is -0.341. The first-order chi connectivity index (χ1) is 8.34. The standard InChI is InChI=1S/C12H15N3O2/c16-12-14-10(8-17-12)9-4-3-5-13-11(9)15-6-1-2-7-15/h3-5,10H,1-2,6-8H2,(H,14,16). The van der Waals surface area contributed by atoms with Crippen LogP contribution < -0.4 is 10.2 Å². The molecule has 2 saturated heterocycles. The molecule has 0 saturated carbocycles. The molecule has 1 amide bonds. The summed E-state index contributed by atoms with van der Waals surface area (Å²) in [6, 6.07) is 3.85. The molecule has 17 heavy (non-hydrogen) atoms. The number of nitrogens with one attached hydrogen (secondary N) is 1. The number of ether oxygens (including phenoxy) is 1. The van der Waals surface area contributed by atoms with E-state index in [9.17, 15) is 4.79 Å². The molecule has 0 aliphatic carbocycles. The minimum absolute atomic E-state index is 0.0631. The van der Waals surface area contributed by atoms with E-state index in [0.717, 1.165) is 24.5 Å². The summed E-state index contributed by atoms with van der Waals surface area (Å²) in [5.41, 5.74) is 1.06. The molecule has 90 valence electrons. The van der Waals surface area contributed by atoms with Crippen LogP contribution in [0.2, 0.25) is 0 Å². The Labute approximate surface area is 99.8 Å². The second kappa shape index (κ2) is 4.24. The van der Waals surface area contributed by atoms with Crippen LogP contribution in [-0.4, -0.2) is 30.8 Å². The zero-order chi connectivity index (χ0) is 11.7. The van der Waals surface area contributed by atoms with Gasteiger partial charge >= 0.3 is 6.09 Å². The first-order valence-electron chi connectivity index (χ1n) is 5.98. The van der Waals surface area contributed by atoms with Crippen molar-refractivity contribution in [3.05, 3.63) is 23.9 Å². The van der Waals surface area contributed by atoms with Gasteiger partial charge in [-0.3, -0.25) is 0 Å². The van der Waals surface area contributed by atoms with Gasteiger partial charge in [0.2, 0.25) is 0 Å². The van der Waals surface area contributed by atoms with Crippen LogP contribution in [0.5, 0.6) is 0 Å². The fourth-order valence-corrected chi connectivity index (χ4v) is 2.43. The van der Waals surface area contributed by atoms with Gasteiger partial charge in [0.15, 0.2) is 0 Å². The van der Waals surface area contributed by atoms with Gasteiger partial charge < -0.3 is 15.0 Å². The minimum Gasteiger partial charge on any atom is -0.447 e. The number of aromatic nitrogens is 1. The van der Waals surface area contributed by atoms with E-state index in [1.807, 2.05) is 12.1 Å². The van der Waals surface area contributed by atoms with Gasteiger partial charge in [-0.15, -0.1) is 0 Å². The molecule has 1 N–H and O–H groups in total. The number of hydrogen-bond acceptors (Lipinski definition) is 4. The van der Waals surface area contributed by atoms with Gasteiger partial charge in [0.25, 0.3) is 0 Å². The second-order valence-corrected chi connectivity index (χ2v) is 4.41. The molecule has 5 nitrogen and oxygen atoms in total. The topological polar surface area (TPSA) is 54.5 Å². The van der Waals surface area contributed by atoms with Crippen LogP contribution in [0.15, 0.2) is 18.3 Å². The van der Waals surface area contributed by atoms with E-state index < -0.39 is 0 Å². The van der Waals surface area contributed by atoms with Gasteiger partial charge in [0, 0.05) is 24.8 Å². The van der Waals surface area contributed by atoms with E-state index in [1.54, 1.807) is 6.20 Å². The summed E-state index contributed by atoms with van der Waals surface area (Å²) in [7, 11) is 0. The van der Waals surface area contributed by atoms with Crippen molar-refractivity contribution in [2.24, 2.45) is 0 Å². The van der Waals surface area contributed by atoms with Crippen LogP contribution in [0.25, 0.3) is 0 Å². The molecule has 0 aromatic carbocycles. The molecule has 3 heterocycles. The molecular weight excluding hydrogens is 218 g/mol. The number of cyclic esters (lactones) is 1. The first kappa shape index (κ1) is 10.4. The third-order valence-corrected chi connectivity index (χ3v) is 3.27. The van der Waals surface area contributed by atoms with Crippen LogP contribution in [0.4, 0.5) is 10.6 Å². The van der Waals surface area contributed by atoms with Gasteiger partial charge in [-0.1, -0.05) is 6.07 Å². The molecule has 3 rings (SSSR count). The SMILES string of the molecule is O=C1NC(c2cccnc2N2CCCC2)CO1. The molecular formula is C12H15N3O2. The van der Waals surface area contributed by atoms with E-state index in [2.05, 4.69) is 15.2 Å². The summed E-state index contributed by atoms with van der Waals surface area (Å²) >= 11 is 0. The molecule has 1 unspecified atom stereocenters. The third-order valence-electron chi connectivity index (χ3n) is 3.27. The highest BCUT2D eigenvalue weighted by molar-refractivity contribution is 5.70. The summed E-state index contributed by atoms with van der Waals surface area (Å²) in [5, 5.41) is 2.81. The normalized spacial score (nSPS) is 23.6. The number of amides is 1. The number of carbonyl (C=O) groups excluding carboxylic acids is 1. The van der Waals surface area contributed by atoms with E-state index >= 15 is 0 Å². The van der Waals surface area contributed by atoms with Gasteiger partial charge in [0.1, 0.15) is 12.4 Å². The largest absolute Gasteiger partial charge is 0.447 e. The number of carbonyl (C=O) groups is 1. The summed E-state index contributed by atoms with van der Waals surface area (Å²) in [5.74, 6) is 0.987. The van der Waals surface area contributed by atoms with Gasteiger partial charge in [-0.05, 0) is 18.9 Å². The summed E-state index contributed by atoms with van der Waals surface area (Å²) in [6.45, 7) is 2.49. The number of rotatable bonds is 2. The number of hydrogen-bond donors (Lipinski definition) is 1. The summed E-state index contributed by atoms with van der Waals surface area (Å²) in [4.78, 5) is 17.8. The Morgan fingerprint density at radius 1 is 1.41 bits per heavy atom. The predicted molar refractivity (Wildman–Crippen MR) is 62.9 cm³/mol. The van der Waals surface area contributed by atoms with E-state index in [1.165, 1.54) is 12.8 Å². The summed E-state index contributed by atoms with van der Waals surface area (Å²) < 4.78 is 4.94. The average molecular weight is 233 g/mol. The maximum Gasteiger partial charge on any atom is 0.407 e. The van der Waals surface area contributed by atoms with Crippen molar-refractivity contribution < 1.29 is 9.53 Å². The van der Waals surface area contributed by atoms with Crippen LogP contribution in [0.1, 0.15) is 24.4 Å². The van der Waals surface area contributed by atoms with Crippen molar-refractivity contribution in [1.29, 1.82) is 0 Å². The number of nitrogens with zero attached hydrogens (tertiary/aromatic N) is 2. The van der Waals surface area contributed by atoms with Crippen LogP contribution in [-0.2, 0) is 4.74 Å². The Balaban J connectivity index is 1.90. The molecule has 2 aliphatic rings. The zero-order valence-corrected chi connectivity index (χ0v) is 9.56. The highest BCUT2D eigenvalue weighted by atomic mass is 16.6. The lowest BCUT2D eigenvalue weighted by Crippen LogP contribution is -2.25. The Morgan fingerprint density at radius 3 is 2.94 bits per heavy atom. The molecule has 1 atom stereocenters. The van der Waals surface area contributed by atoms with Crippen molar-refractivity contribution in [3.63, 3.8) is 0 Å². The number of anilines is 1. The number of alkyl carbamates (subject to hydrolysis) is 1. The maximum absolute atomic E-state index is 11.1. The van der Waals surface area contributed by atoms with E-state index in [-0.39, 0.29) is 12.1 Å². The smallest absolute Gasteiger partial charge is 0.407 e. The third kappa shape index (κ3) is 1.92. The average Bonchev–Trinajstić information content (AvgIpc) is 3.00. The predicted octanol–water partition coefficient (Wildman–Crippen LogP) is 1.46. The van der Waals surface area contributed by atoms with Crippen LogP contribution in [0.3, 0.4) is 0 Å². The van der Waals surface area contributed by atoms with Crippen molar-refractivity contribution in [2.75, 3.05) is 24.6 Å². The van der Waals surface area contributed by atoms with E-state index in [0.29, 0.717) is 6.61 Å². The second-order valence-electron chi connectivity index (χ2n) is 4.41. The van der Waals surface area contributed by atoms with Crippen molar-refractivity contribution >= 4 is 11.9 Å². The van der Waals surface area contributed by atoms with Crippen molar-refractivity contribution in [2.45, 2.75) is 18.9 Å². The van der Waals surface area contributed by atoms with Crippen LogP contribution in [0, 0.1) is 0 Å². The highest BCUT2D eigenvalue weighted by Gasteiger charge is 2.28. The lowest BCUT2D eigenvalue weighted by atomic mass is 10.1. The van der Waals surface area contributed by atoms with Gasteiger partial charge in [-0.25, -0.2) is 9.78 Å². The van der Waals surface area contributed by atoms with Gasteiger partial charge in [0.05, 0.1) is 6.04 Å². The Hall–Kier alpha value is -1.78. The molecule has 0 bridgehead atoms. The van der Waals surface area contributed by atoms with Crippen LogP contribution >= 0.6 is 0 Å². The quantitative estimate of drug-likeness (QED) is 0.840. The Bertz CT molecular complexity index is 430. The van der Waals surface area contributed by atoms with Crippen molar-refractivity contribution in [1.82, 2.24) is 10.3 Å². The maximum atomic E-state index is 11.1. The summed E-state index contributed by atoms with van der Waals surface area (Å²) in [6.07, 6.45) is 3.88. The number of pyridine rings is 1. The fourth-order valence-electron chi connectivity index (χ4n) is 2.43. The van der Waals surface area contributed by atoms with Crippen molar-refractivity contribution in [3.8, 4) is 0 Å². The molecule has 1 aromatic rings. The lowest BCUT2D eigenvalue weighted by Gasteiger charge is -2.21. The first-order valence-corrected chi connectivity index (χ1v) is 5.98.